The van der Waals surface area contributed by atoms with Gasteiger partial charge in [0.25, 0.3) is 0 Å². The molecule has 1 aromatic carbocycles. The number of nitrogens with two attached hydrogens (primary N) is 1. The van der Waals surface area contributed by atoms with Gasteiger partial charge in [0, 0.05) is 31.6 Å². The van der Waals surface area contributed by atoms with E-state index in [1.165, 1.54) is 12.1 Å². The van der Waals surface area contributed by atoms with Gasteiger partial charge in [-0.3, -0.25) is 4.99 Å². The number of piperazine rings is 1. The lowest BCUT2D eigenvalue weighted by Gasteiger charge is -2.36. The molecule has 1 aromatic rings. The second-order valence-corrected chi connectivity index (χ2v) is 8.42. The van der Waals surface area contributed by atoms with E-state index in [9.17, 15) is 9.18 Å². The Morgan fingerprint density at radius 1 is 1.14 bits per heavy atom. The standard InChI is InChI=1S/C20H29FN4O2.HI/c1-19(2,3)27-18(26)25-12-10-24(11-13-25)17(22)23-14-20(8-9-20)15-4-6-16(21)7-5-15;/h4-7H,8-14H2,1-3H3,(H2,22,23);1H. The smallest absolute Gasteiger partial charge is 0.410 e. The maximum atomic E-state index is 13.1. The van der Waals surface area contributed by atoms with Gasteiger partial charge in [0.05, 0.1) is 6.54 Å². The van der Waals surface area contributed by atoms with Crippen molar-refractivity contribution in [3.05, 3.63) is 35.6 Å². The molecule has 1 heterocycles. The van der Waals surface area contributed by atoms with Crippen molar-refractivity contribution in [1.29, 1.82) is 0 Å². The number of nitrogens with zero attached hydrogens (tertiary/aromatic N) is 3. The van der Waals surface area contributed by atoms with E-state index in [0.29, 0.717) is 38.7 Å². The number of hydrogen-bond acceptors (Lipinski definition) is 3. The molecule has 1 aliphatic carbocycles. The zero-order chi connectivity index (χ0) is 19.7. The average Bonchev–Trinajstić information content (AvgIpc) is 3.40. The Bertz CT molecular complexity index is 706. The minimum absolute atomic E-state index is 0. The molecule has 2 fully saturated rings. The summed E-state index contributed by atoms with van der Waals surface area (Å²) in [5, 5.41) is 0. The minimum Gasteiger partial charge on any atom is -0.444 e. The molecule has 1 saturated heterocycles. The van der Waals surface area contributed by atoms with Crippen molar-refractivity contribution < 1.29 is 13.9 Å². The Hall–Kier alpha value is -1.58. The molecule has 2 N–H and O–H groups in total. The predicted molar refractivity (Wildman–Crippen MR) is 119 cm³/mol. The van der Waals surface area contributed by atoms with Crippen LogP contribution >= 0.6 is 24.0 Å². The van der Waals surface area contributed by atoms with Gasteiger partial charge >= 0.3 is 6.09 Å². The Labute approximate surface area is 183 Å². The summed E-state index contributed by atoms with van der Waals surface area (Å²) in [6.45, 7) is 8.59. The van der Waals surface area contributed by atoms with Crippen LogP contribution in [0.15, 0.2) is 29.3 Å². The molecule has 1 saturated carbocycles. The molecular weight excluding hydrogens is 474 g/mol. The largest absolute Gasteiger partial charge is 0.444 e. The Morgan fingerprint density at radius 3 is 2.18 bits per heavy atom. The lowest BCUT2D eigenvalue weighted by molar-refractivity contribution is 0.0186. The molecule has 0 aromatic heterocycles. The van der Waals surface area contributed by atoms with Crippen LogP contribution in [0.2, 0.25) is 0 Å². The Balaban J connectivity index is 0.00000280. The molecule has 3 rings (SSSR count). The summed E-state index contributed by atoms with van der Waals surface area (Å²) < 4.78 is 18.6. The van der Waals surface area contributed by atoms with Crippen molar-refractivity contribution >= 4 is 36.0 Å². The zero-order valence-corrected chi connectivity index (χ0v) is 19.1. The third-order valence-corrected chi connectivity index (χ3v) is 5.11. The van der Waals surface area contributed by atoms with E-state index in [-0.39, 0.29) is 41.3 Å². The number of halogens is 2. The Morgan fingerprint density at radius 2 is 1.68 bits per heavy atom. The number of guanidine groups is 1. The normalized spacial score (nSPS) is 19.1. The topological polar surface area (TPSA) is 71.2 Å². The van der Waals surface area contributed by atoms with E-state index in [4.69, 9.17) is 10.5 Å². The van der Waals surface area contributed by atoms with Gasteiger partial charge < -0.3 is 20.3 Å². The number of benzene rings is 1. The van der Waals surface area contributed by atoms with E-state index >= 15 is 0 Å². The molecule has 28 heavy (non-hydrogen) atoms. The second-order valence-electron chi connectivity index (χ2n) is 8.42. The molecule has 1 aliphatic heterocycles. The molecular formula is C20H30FIN4O2. The van der Waals surface area contributed by atoms with Crippen LogP contribution in [0.4, 0.5) is 9.18 Å². The van der Waals surface area contributed by atoms with Crippen LogP contribution in [0.5, 0.6) is 0 Å². The first-order valence-electron chi connectivity index (χ1n) is 9.47. The van der Waals surface area contributed by atoms with Crippen LogP contribution in [0, 0.1) is 5.82 Å². The third kappa shape index (κ3) is 5.71. The summed E-state index contributed by atoms with van der Waals surface area (Å²) in [7, 11) is 0. The summed E-state index contributed by atoms with van der Waals surface area (Å²) in [6.07, 6.45) is 1.80. The fraction of sp³-hybridized carbons (Fsp3) is 0.600. The number of ether oxygens (including phenoxy) is 1. The molecule has 0 unspecified atom stereocenters. The molecule has 1 amide bonds. The summed E-state index contributed by atoms with van der Waals surface area (Å²) in [5.41, 5.74) is 6.81. The van der Waals surface area contributed by atoms with Gasteiger partial charge in [0.2, 0.25) is 0 Å². The van der Waals surface area contributed by atoms with Gasteiger partial charge in [-0.15, -0.1) is 24.0 Å². The quantitative estimate of drug-likeness (QED) is 0.390. The first-order valence-corrected chi connectivity index (χ1v) is 9.47. The molecule has 2 aliphatic rings. The van der Waals surface area contributed by atoms with Crippen molar-refractivity contribution in [1.82, 2.24) is 9.80 Å². The molecule has 156 valence electrons. The fourth-order valence-electron chi connectivity index (χ4n) is 3.27. The first-order chi connectivity index (χ1) is 12.7. The SMILES string of the molecule is CC(C)(C)OC(=O)N1CCN(C(N)=NCC2(c3ccc(F)cc3)CC2)CC1.I. The predicted octanol–water partition coefficient (Wildman–Crippen LogP) is 3.34. The Kier molecular flexibility index (Phi) is 7.17. The molecule has 0 atom stereocenters. The molecule has 8 heteroatoms. The number of carbonyl (C=O) groups excluding carboxylic acids is 1. The molecule has 0 bridgehead atoms. The maximum absolute atomic E-state index is 13.1. The third-order valence-electron chi connectivity index (χ3n) is 5.11. The highest BCUT2D eigenvalue weighted by molar-refractivity contribution is 14.0. The maximum Gasteiger partial charge on any atom is 0.410 e. The fourth-order valence-corrected chi connectivity index (χ4v) is 3.27. The van der Waals surface area contributed by atoms with Crippen molar-refractivity contribution in [3.8, 4) is 0 Å². The lowest BCUT2D eigenvalue weighted by atomic mass is 9.96. The summed E-state index contributed by atoms with van der Waals surface area (Å²) in [5.74, 6) is 0.285. The van der Waals surface area contributed by atoms with Crippen molar-refractivity contribution in [2.45, 2.75) is 44.6 Å². The highest BCUT2D eigenvalue weighted by Crippen LogP contribution is 2.48. The van der Waals surface area contributed by atoms with Crippen molar-refractivity contribution in [3.63, 3.8) is 0 Å². The average molecular weight is 504 g/mol. The van der Waals surface area contributed by atoms with Crippen LogP contribution in [0.25, 0.3) is 0 Å². The monoisotopic (exact) mass is 504 g/mol. The van der Waals surface area contributed by atoms with E-state index in [1.54, 1.807) is 4.90 Å². The van der Waals surface area contributed by atoms with Gasteiger partial charge in [0.1, 0.15) is 11.4 Å². The number of hydrogen-bond donors (Lipinski definition) is 1. The second kappa shape index (κ2) is 8.84. The van der Waals surface area contributed by atoms with Gasteiger partial charge in [-0.05, 0) is 51.3 Å². The lowest BCUT2D eigenvalue weighted by Crippen LogP contribution is -2.53. The van der Waals surface area contributed by atoms with Crippen molar-refractivity contribution in [2.24, 2.45) is 10.7 Å². The highest BCUT2D eigenvalue weighted by Gasteiger charge is 2.44. The van der Waals surface area contributed by atoms with Crippen LogP contribution < -0.4 is 5.73 Å². The summed E-state index contributed by atoms with van der Waals surface area (Å²) in [6, 6.07) is 6.68. The van der Waals surface area contributed by atoms with E-state index in [1.807, 2.05) is 37.8 Å². The highest BCUT2D eigenvalue weighted by atomic mass is 127. The van der Waals surface area contributed by atoms with E-state index in [2.05, 4.69) is 4.99 Å². The summed E-state index contributed by atoms with van der Waals surface area (Å²) >= 11 is 0. The molecule has 0 radical (unpaired) electrons. The van der Waals surface area contributed by atoms with Crippen LogP contribution in [0.3, 0.4) is 0 Å². The van der Waals surface area contributed by atoms with Gasteiger partial charge in [-0.2, -0.15) is 0 Å². The van der Waals surface area contributed by atoms with Crippen LogP contribution in [-0.4, -0.2) is 60.2 Å². The first kappa shape index (κ1) is 22.7. The van der Waals surface area contributed by atoms with Crippen molar-refractivity contribution in [2.75, 3.05) is 32.7 Å². The zero-order valence-electron chi connectivity index (χ0n) is 16.8. The van der Waals surface area contributed by atoms with E-state index < -0.39 is 5.60 Å². The van der Waals surface area contributed by atoms with Gasteiger partial charge in [-0.25, -0.2) is 9.18 Å². The van der Waals surface area contributed by atoms with Gasteiger partial charge in [0.15, 0.2) is 5.96 Å². The minimum atomic E-state index is -0.492. The number of carbonyl (C=O) groups is 1. The van der Waals surface area contributed by atoms with Crippen LogP contribution in [-0.2, 0) is 10.2 Å². The number of aliphatic imine (C=N–C) groups is 1. The molecule has 6 nitrogen and oxygen atoms in total. The number of rotatable bonds is 3. The van der Waals surface area contributed by atoms with Gasteiger partial charge in [-0.1, -0.05) is 12.1 Å². The van der Waals surface area contributed by atoms with E-state index in [0.717, 1.165) is 18.4 Å². The molecule has 0 spiro atoms. The van der Waals surface area contributed by atoms with Crippen LogP contribution in [0.1, 0.15) is 39.2 Å². The number of amides is 1. The summed E-state index contributed by atoms with van der Waals surface area (Å²) in [4.78, 5) is 20.4.